The van der Waals surface area contributed by atoms with E-state index in [2.05, 4.69) is 32.7 Å². The van der Waals surface area contributed by atoms with Gasteiger partial charge in [0.1, 0.15) is 11.8 Å². The summed E-state index contributed by atoms with van der Waals surface area (Å²) in [5, 5.41) is 13.9. The summed E-state index contributed by atoms with van der Waals surface area (Å²) < 4.78 is 6.42. The largest absolute Gasteiger partial charge is 0.479 e. The van der Waals surface area contributed by atoms with E-state index in [9.17, 15) is 0 Å². The molecule has 1 aromatic carbocycles. The molecule has 1 heterocycles. The Hall–Kier alpha value is -1.35. The highest BCUT2D eigenvalue weighted by Gasteiger charge is 2.01. The van der Waals surface area contributed by atoms with Crippen LogP contribution in [0.25, 0.3) is 0 Å². The van der Waals surface area contributed by atoms with Crippen LogP contribution in [0.5, 0.6) is 5.75 Å². The second-order valence-corrected chi connectivity index (χ2v) is 5.74. The topological polar surface area (TPSA) is 45.0 Å². The van der Waals surface area contributed by atoms with Crippen molar-refractivity contribution in [2.75, 3.05) is 6.61 Å². The highest BCUT2D eigenvalue weighted by atomic mass is 79.9. The van der Waals surface area contributed by atoms with E-state index < -0.39 is 0 Å². The third-order valence-corrected chi connectivity index (χ3v) is 4.43. The van der Waals surface area contributed by atoms with Gasteiger partial charge in [0.2, 0.25) is 0 Å². The van der Waals surface area contributed by atoms with E-state index >= 15 is 0 Å². The quantitative estimate of drug-likeness (QED) is 0.874. The summed E-state index contributed by atoms with van der Waals surface area (Å²) in [5.74, 6) is 0.734. The van der Waals surface area contributed by atoms with Gasteiger partial charge in [0, 0.05) is 22.4 Å². The first-order valence-electron chi connectivity index (χ1n) is 5.81. The average Bonchev–Trinajstić information content (AvgIpc) is 2.83. The fourth-order valence-corrected chi connectivity index (χ4v) is 3.09. The van der Waals surface area contributed by atoms with Gasteiger partial charge < -0.3 is 10.1 Å². The van der Waals surface area contributed by atoms with Crippen molar-refractivity contribution in [2.45, 2.75) is 13.1 Å². The van der Waals surface area contributed by atoms with Gasteiger partial charge in [0.25, 0.3) is 0 Å². The van der Waals surface area contributed by atoms with Crippen molar-refractivity contribution in [3.63, 3.8) is 0 Å². The normalized spacial score (nSPS) is 10.1. The number of benzene rings is 1. The number of rotatable bonds is 6. The minimum Gasteiger partial charge on any atom is -0.479 e. The zero-order chi connectivity index (χ0) is 13.5. The Kier molecular flexibility index (Phi) is 5.40. The van der Waals surface area contributed by atoms with Crippen LogP contribution in [0.3, 0.4) is 0 Å². The molecule has 19 heavy (non-hydrogen) atoms. The third-order valence-electron chi connectivity index (χ3n) is 2.51. The van der Waals surface area contributed by atoms with Crippen molar-refractivity contribution in [1.29, 1.82) is 5.26 Å². The zero-order valence-corrected chi connectivity index (χ0v) is 12.6. The van der Waals surface area contributed by atoms with Crippen molar-refractivity contribution in [1.82, 2.24) is 5.32 Å². The van der Waals surface area contributed by atoms with Gasteiger partial charge in [-0.1, -0.05) is 12.1 Å². The Morgan fingerprint density at radius 1 is 1.32 bits per heavy atom. The van der Waals surface area contributed by atoms with Gasteiger partial charge in [0.05, 0.1) is 0 Å². The number of thiophene rings is 1. The predicted molar refractivity (Wildman–Crippen MR) is 80.1 cm³/mol. The Morgan fingerprint density at radius 2 is 2.21 bits per heavy atom. The number of hydrogen-bond acceptors (Lipinski definition) is 4. The number of halogens is 1. The molecule has 0 bridgehead atoms. The highest BCUT2D eigenvalue weighted by Crippen LogP contribution is 2.22. The van der Waals surface area contributed by atoms with E-state index in [0.717, 1.165) is 28.9 Å². The van der Waals surface area contributed by atoms with Crippen LogP contribution in [0.2, 0.25) is 0 Å². The molecular weight excluding hydrogens is 324 g/mol. The number of hydrogen-bond donors (Lipinski definition) is 1. The Bertz CT molecular complexity index is 577. The van der Waals surface area contributed by atoms with Gasteiger partial charge in [0.15, 0.2) is 6.61 Å². The summed E-state index contributed by atoms with van der Waals surface area (Å²) in [6, 6.07) is 11.8. The lowest BCUT2D eigenvalue weighted by Crippen LogP contribution is -2.12. The van der Waals surface area contributed by atoms with E-state index in [4.69, 9.17) is 10.00 Å². The Morgan fingerprint density at radius 3 is 2.95 bits per heavy atom. The molecule has 1 N–H and O–H groups in total. The van der Waals surface area contributed by atoms with Crippen molar-refractivity contribution in [3.05, 3.63) is 50.6 Å². The van der Waals surface area contributed by atoms with E-state index in [1.54, 1.807) is 11.3 Å². The van der Waals surface area contributed by atoms with E-state index in [0.29, 0.717) is 0 Å². The summed E-state index contributed by atoms with van der Waals surface area (Å²) in [5.41, 5.74) is 1.14. The summed E-state index contributed by atoms with van der Waals surface area (Å²) in [7, 11) is 0. The number of nitrogens with zero attached hydrogens (tertiary/aromatic N) is 1. The van der Waals surface area contributed by atoms with Crippen LogP contribution in [0, 0.1) is 11.3 Å². The SMILES string of the molecule is N#CCOc1cccc(CNCc2sccc2Br)c1. The molecule has 2 aromatic rings. The molecule has 0 saturated carbocycles. The molecule has 0 radical (unpaired) electrons. The number of nitrogens with one attached hydrogen (secondary N) is 1. The van der Waals surface area contributed by atoms with Crippen molar-refractivity contribution in [3.8, 4) is 11.8 Å². The Labute approximate surface area is 125 Å². The standard InChI is InChI=1S/C14H13BrN2OS/c15-13-4-7-19-14(13)10-17-9-11-2-1-3-12(8-11)18-6-5-16/h1-4,7-8,17H,6,9-10H2. The maximum absolute atomic E-state index is 8.48. The first kappa shape index (κ1) is 14.1. The number of nitriles is 1. The van der Waals surface area contributed by atoms with Crippen LogP contribution in [0.15, 0.2) is 40.2 Å². The first-order chi connectivity index (χ1) is 9.29. The molecule has 1 aromatic heterocycles. The second kappa shape index (κ2) is 7.29. The summed E-state index contributed by atoms with van der Waals surface area (Å²) in [6.07, 6.45) is 0. The molecule has 2 rings (SSSR count). The molecule has 0 unspecified atom stereocenters. The van der Waals surface area contributed by atoms with Gasteiger partial charge in [-0.15, -0.1) is 11.3 Å². The zero-order valence-electron chi connectivity index (χ0n) is 10.2. The smallest absolute Gasteiger partial charge is 0.174 e. The fourth-order valence-electron chi connectivity index (χ4n) is 1.63. The fraction of sp³-hybridized carbons (Fsp3) is 0.214. The maximum atomic E-state index is 8.48. The highest BCUT2D eigenvalue weighted by molar-refractivity contribution is 9.10. The van der Waals surface area contributed by atoms with Gasteiger partial charge in [-0.25, -0.2) is 0 Å². The van der Waals surface area contributed by atoms with Crippen LogP contribution in [0.1, 0.15) is 10.4 Å². The molecule has 0 fully saturated rings. The van der Waals surface area contributed by atoms with Gasteiger partial charge in [-0.05, 0) is 45.1 Å². The van der Waals surface area contributed by atoms with Gasteiger partial charge >= 0.3 is 0 Å². The lowest BCUT2D eigenvalue weighted by atomic mass is 10.2. The van der Waals surface area contributed by atoms with E-state index in [-0.39, 0.29) is 6.61 Å². The monoisotopic (exact) mass is 336 g/mol. The minimum absolute atomic E-state index is 0.0824. The molecule has 0 amide bonds. The third kappa shape index (κ3) is 4.35. The molecule has 0 atom stereocenters. The first-order valence-corrected chi connectivity index (χ1v) is 7.48. The molecule has 5 heteroatoms. The van der Waals surface area contributed by atoms with Crippen LogP contribution in [-0.2, 0) is 13.1 Å². The predicted octanol–water partition coefficient (Wildman–Crippen LogP) is 3.70. The lowest BCUT2D eigenvalue weighted by Gasteiger charge is -2.06. The van der Waals surface area contributed by atoms with Crippen LogP contribution < -0.4 is 10.1 Å². The molecule has 98 valence electrons. The summed E-state index contributed by atoms with van der Waals surface area (Å²) in [4.78, 5) is 1.29. The van der Waals surface area contributed by atoms with E-state index in [1.807, 2.05) is 30.3 Å². The molecule has 3 nitrogen and oxygen atoms in total. The molecule has 0 aliphatic rings. The Balaban J connectivity index is 1.86. The van der Waals surface area contributed by atoms with Crippen molar-refractivity contribution < 1.29 is 4.74 Å². The minimum atomic E-state index is 0.0824. The molecule has 0 aliphatic carbocycles. The lowest BCUT2D eigenvalue weighted by molar-refractivity contribution is 0.367. The van der Waals surface area contributed by atoms with Crippen LogP contribution in [-0.4, -0.2) is 6.61 Å². The van der Waals surface area contributed by atoms with Crippen LogP contribution >= 0.6 is 27.3 Å². The molecular formula is C14H13BrN2OS. The van der Waals surface area contributed by atoms with E-state index in [1.165, 1.54) is 4.88 Å². The van der Waals surface area contributed by atoms with Crippen molar-refractivity contribution >= 4 is 27.3 Å². The summed E-state index contributed by atoms with van der Waals surface area (Å²) in [6.45, 7) is 1.69. The molecule has 0 aliphatic heterocycles. The van der Waals surface area contributed by atoms with Gasteiger partial charge in [-0.3, -0.25) is 0 Å². The maximum Gasteiger partial charge on any atom is 0.174 e. The average molecular weight is 337 g/mol. The summed E-state index contributed by atoms with van der Waals surface area (Å²) >= 11 is 5.24. The molecule has 0 saturated heterocycles. The number of ether oxygens (including phenoxy) is 1. The van der Waals surface area contributed by atoms with Crippen molar-refractivity contribution in [2.24, 2.45) is 0 Å². The van der Waals surface area contributed by atoms with Crippen LogP contribution in [0.4, 0.5) is 0 Å². The second-order valence-electron chi connectivity index (χ2n) is 3.89. The van der Waals surface area contributed by atoms with Gasteiger partial charge in [-0.2, -0.15) is 5.26 Å². The molecule has 0 spiro atoms.